The summed E-state index contributed by atoms with van der Waals surface area (Å²) < 4.78 is 41.1. The number of hydrogen-bond donors (Lipinski definition) is 2. The van der Waals surface area contributed by atoms with Crippen molar-refractivity contribution in [1.29, 1.82) is 0 Å². The molecular weight excluding hydrogens is 269 g/mol. The molecule has 0 bridgehead atoms. The van der Waals surface area contributed by atoms with Crippen LogP contribution in [0.5, 0.6) is 0 Å². The van der Waals surface area contributed by atoms with E-state index >= 15 is 0 Å². The van der Waals surface area contributed by atoms with Crippen molar-refractivity contribution >= 4 is 15.9 Å². The molecule has 0 spiro atoms. The molecular formula is C12H20FN3O2S. The molecule has 1 aromatic carbocycles. The normalized spacial score (nSPS) is 11.8. The van der Waals surface area contributed by atoms with Gasteiger partial charge < -0.3 is 5.32 Å². The molecule has 0 unspecified atom stereocenters. The van der Waals surface area contributed by atoms with Crippen molar-refractivity contribution in [3.05, 3.63) is 29.6 Å². The smallest absolute Gasteiger partial charge is 0.301 e. The Balaban J connectivity index is 2.79. The topological polar surface area (TPSA) is 61.4 Å². The summed E-state index contributed by atoms with van der Waals surface area (Å²) in [4.78, 5) is 0. The average molecular weight is 289 g/mol. The summed E-state index contributed by atoms with van der Waals surface area (Å²) in [7, 11) is -0.456. The summed E-state index contributed by atoms with van der Waals surface area (Å²) in [5.41, 5.74) is 0.551. The monoisotopic (exact) mass is 289 g/mol. The van der Waals surface area contributed by atoms with E-state index in [2.05, 4.69) is 10.0 Å². The van der Waals surface area contributed by atoms with Crippen LogP contribution in [0.3, 0.4) is 0 Å². The third-order valence-corrected chi connectivity index (χ3v) is 4.23. The molecule has 0 aliphatic heterocycles. The second kappa shape index (κ2) is 6.83. The van der Waals surface area contributed by atoms with E-state index in [1.54, 1.807) is 26.1 Å². The molecule has 0 aliphatic rings. The minimum absolute atomic E-state index is 0.00275. The highest BCUT2D eigenvalue weighted by atomic mass is 32.2. The van der Waals surface area contributed by atoms with E-state index in [-0.39, 0.29) is 5.69 Å². The quantitative estimate of drug-likeness (QED) is 0.745. The zero-order valence-corrected chi connectivity index (χ0v) is 12.2. The number of hydrogen-bond acceptors (Lipinski definition) is 3. The second-order valence-electron chi connectivity index (χ2n) is 4.32. The molecule has 0 radical (unpaired) electrons. The highest BCUT2D eigenvalue weighted by Gasteiger charge is 2.19. The molecule has 0 saturated heterocycles. The first-order chi connectivity index (χ1) is 8.88. The first-order valence-electron chi connectivity index (χ1n) is 6.02. The van der Waals surface area contributed by atoms with Crippen LogP contribution in [0, 0.1) is 12.7 Å². The molecule has 0 aromatic heterocycles. The summed E-state index contributed by atoms with van der Waals surface area (Å²) in [6.45, 7) is 2.74. The van der Waals surface area contributed by atoms with Crippen molar-refractivity contribution in [2.24, 2.45) is 0 Å². The van der Waals surface area contributed by atoms with E-state index in [1.807, 2.05) is 0 Å². The Labute approximate surface area is 114 Å². The minimum Gasteiger partial charge on any atom is -0.320 e. The first-order valence-corrected chi connectivity index (χ1v) is 7.46. The highest BCUT2D eigenvalue weighted by molar-refractivity contribution is 7.90. The lowest BCUT2D eigenvalue weighted by Gasteiger charge is -2.19. The van der Waals surface area contributed by atoms with Crippen LogP contribution < -0.4 is 10.0 Å². The van der Waals surface area contributed by atoms with Gasteiger partial charge in [-0.1, -0.05) is 12.1 Å². The second-order valence-corrected chi connectivity index (χ2v) is 6.10. The van der Waals surface area contributed by atoms with Gasteiger partial charge in [-0.3, -0.25) is 4.72 Å². The van der Waals surface area contributed by atoms with Gasteiger partial charge in [0.1, 0.15) is 5.82 Å². The van der Waals surface area contributed by atoms with E-state index in [0.717, 1.165) is 6.54 Å². The molecule has 0 amide bonds. The van der Waals surface area contributed by atoms with E-state index in [0.29, 0.717) is 18.5 Å². The molecule has 0 saturated carbocycles. The highest BCUT2D eigenvalue weighted by Crippen LogP contribution is 2.20. The lowest BCUT2D eigenvalue weighted by Crippen LogP contribution is -2.34. The molecule has 7 heteroatoms. The summed E-state index contributed by atoms with van der Waals surface area (Å²) in [6.07, 6.45) is 0.685. The zero-order valence-electron chi connectivity index (χ0n) is 11.4. The molecule has 108 valence electrons. The number of halogens is 1. The van der Waals surface area contributed by atoms with E-state index in [1.165, 1.54) is 17.4 Å². The third kappa shape index (κ3) is 4.45. The van der Waals surface area contributed by atoms with Gasteiger partial charge in [0.25, 0.3) is 0 Å². The number of nitrogens with one attached hydrogen (secondary N) is 2. The maximum atomic E-state index is 13.6. The number of nitrogens with zero attached hydrogens (tertiary/aromatic N) is 1. The molecule has 1 aromatic rings. The summed E-state index contributed by atoms with van der Waals surface area (Å²) in [5.74, 6) is -0.577. The molecule has 0 aliphatic carbocycles. The lowest BCUT2D eigenvalue weighted by molar-refractivity contribution is 0.462. The number of benzene rings is 1. The van der Waals surface area contributed by atoms with Gasteiger partial charge in [0.15, 0.2) is 0 Å². The Bertz CT molecular complexity index is 499. The summed E-state index contributed by atoms with van der Waals surface area (Å²) >= 11 is 0. The molecule has 2 N–H and O–H groups in total. The number of aryl methyl sites for hydroxylation is 1. The number of para-hydroxylation sites is 1. The van der Waals surface area contributed by atoms with E-state index in [9.17, 15) is 12.8 Å². The van der Waals surface area contributed by atoms with Gasteiger partial charge in [-0.15, -0.1) is 0 Å². The molecule has 0 fully saturated rings. The Morgan fingerprint density at radius 2 is 2.05 bits per heavy atom. The van der Waals surface area contributed by atoms with E-state index < -0.39 is 16.0 Å². The SMILES string of the molecule is CNCCCN(C)S(=O)(=O)Nc1c(C)cccc1F. The minimum atomic E-state index is -3.72. The Morgan fingerprint density at radius 3 is 2.63 bits per heavy atom. The molecule has 5 nitrogen and oxygen atoms in total. The van der Waals surface area contributed by atoms with Gasteiger partial charge >= 0.3 is 10.2 Å². The van der Waals surface area contributed by atoms with Gasteiger partial charge in [-0.2, -0.15) is 12.7 Å². The van der Waals surface area contributed by atoms with Gasteiger partial charge in [0, 0.05) is 13.6 Å². The van der Waals surface area contributed by atoms with Crippen molar-refractivity contribution in [3.63, 3.8) is 0 Å². The standard InChI is InChI=1S/C12H20FN3O2S/c1-10-6-4-7-11(13)12(10)15-19(17,18)16(3)9-5-8-14-2/h4,6-7,14-15H,5,8-9H2,1-3H3. The Hall–Kier alpha value is -1.18. The Kier molecular flexibility index (Phi) is 5.71. The Morgan fingerprint density at radius 1 is 1.37 bits per heavy atom. The van der Waals surface area contributed by atoms with Crippen LogP contribution >= 0.6 is 0 Å². The molecule has 19 heavy (non-hydrogen) atoms. The van der Waals surface area contributed by atoms with Crippen LogP contribution in [-0.4, -0.2) is 39.9 Å². The van der Waals surface area contributed by atoms with Gasteiger partial charge in [0.05, 0.1) is 5.69 Å². The summed E-state index contributed by atoms with van der Waals surface area (Å²) in [6, 6.07) is 4.42. The number of anilines is 1. The van der Waals surface area contributed by atoms with Crippen LogP contribution in [0.4, 0.5) is 10.1 Å². The van der Waals surface area contributed by atoms with Crippen molar-refractivity contribution in [2.45, 2.75) is 13.3 Å². The van der Waals surface area contributed by atoms with Crippen LogP contribution in [0.2, 0.25) is 0 Å². The van der Waals surface area contributed by atoms with Crippen LogP contribution in [0.15, 0.2) is 18.2 Å². The number of rotatable bonds is 7. The van der Waals surface area contributed by atoms with Crippen molar-refractivity contribution < 1.29 is 12.8 Å². The van der Waals surface area contributed by atoms with Crippen molar-refractivity contribution in [1.82, 2.24) is 9.62 Å². The fourth-order valence-electron chi connectivity index (χ4n) is 1.57. The van der Waals surface area contributed by atoms with Crippen molar-refractivity contribution in [3.8, 4) is 0 Å². The largest absolute Gasteiger partial charge is 0.320 e. The van der Waals surface area contributed by atoms with Crippen LogP contribution in [0.25, 0.3) is 0 Å². The first kappa shape index (κ1) is 15.9. The predicted molar refractivity (Wildman–Crippen MR) is 74.9 cm³/mol. The fraction of sp³-hybridized carbons (Fsp3) is 0.500. The third-order valence-electron chi connectivity index (χ3n) is 2.76. The molecule has 0 atom stereocenters. The zero-order chi connectivity index (χ0) is 14.5. The van der Waals surface area contributed by atoms with Gasteiger partial charge in [-0.25, -0.2) is 4.39 Å². The lowest BCUT2D eigenvalue weighted by atomic mass is 10.2. The van der Waals surface area contributed by atoms with Gasteiger partial charge in [0.2, 0.25) is 0 Å². The predicted octanol–water partition coefficient (Wildman–Crippen LogP) is 1.33. The van der Waals surface area contributed by atoms with Crippen LogP contribution in [-0.2, 0) is 10.2 Å². The maximum Gasteiger partial charge on any atom is 0.301 e. The van der Waals surface area contributed by atoms with Crippen molar-refractivity contribution in [2.75, 3.05) is 31.9 Å². The van der Waals surface area contributed by atoms with E-state index in [4.69, 9.17) is 0 Å². The molecule has 1 rings (SSSR count). The van der Waals surface area contributed by atoms with Crippen LogP contribution in [0.1, 0.15) is 12.0 Å². The summed E-state index contributed by atoms with van der Waals surface area (Å²) in [5, 5.41) is 2.94. The maximum absolute atomic E-state index is 13.6. The molecule has 0 heterocycles. The van der Waals surface area contributed by atoms with Gasteiger partial charge in [-0.05, 0) is 38.6 Å². The average Bonchev–Trinajstić information content (AvgIpc) is 2.34. The fourth-order valence-corrected chi connectivity index (χ4v) is 2.61.